The molecular weight excluding hydrogens is 294 g/mol. The Morgan fingerprint density at radius 3 is 2.91 bits per heavy atom. The summed E-state index contributed by atoms with van der Waals surface area (Å²) in [5.74, 6) is 0.118. The van der Waals surface area contributed by atoms with Crippen LogP contribution in [-0.4, -0.2) is 55.1 Å². The number of carbonyl (C=O) groups is 1. The number of H-pyrrole nitrogens is 1. The molecule has 124 valence electrons. The van der Waals surface area contributed by atoms with Gasteiger partial charge in [0.25, 0.3) is 0 Å². The zero-order valence-electron chi connectivity index (χ0n) is 13.6. The van der Waals surface area contributed by atoms with Crippen LogP contribution in [0.2, 0.25) is 0 Å². The number of hydrogen-bond donors (Lipinski definition) is 2. The molecule has 0 aliphatic carbocycles. The van der Waals surface area contributed by atoms with Crippen molar-refractivity contribution in [3.05, 3.63) is 35.4 Å². The lowest BCUT2D eigenvalue weighted by atomic mass is 10.0. The fraction of sp³-hybridized carbons (Fsp3) is 0.562. The van der Waals surface area contributed by atoms with Crippen molar-refractivity contribution in [1.29, 1.82) is 0 Å². The molecule has 0 aromatic carbocycles. The van der Waals surface area contributed by atoms with Gasteiger partial charge in [0, 0.05) is 49.6 Å². The van der Waals surface area contributed by atoms with Crippen molar-refractivity contribution < 1.29 is 9.90 Å². The number of rotatable bonds is 5. The Bertz CT molecular complexity index is 678. The van der Waals surface area contributed by atoms with E-state index >= 15 is 0 Å². The minimum Gasteiger partial charge on any atom is -0.391 e. The Morgan fingerprint density at radius 1 is 1.43 bits per heavy atom. The summed E-state index contributed by atoms with van der Waals surface area (Å²) in [7, 11) is 0. The second kappa shape index (κ2) is 6.54. The second-order valence-corrected chi connectivity index (χ2v) is 6.32. The van der Waals surface area contributed by atoms with Gasteiger partial charge in [-0.15, -0.1) is 0 Å². The molecule has 3 heterocycles. The van der Waals surface area contributed by atoms with Gasteiger partial charge in [0.05, 0.1) is 11.8 Å². The number of aromatic amines is 1. The number of likely N-dealkylation sites (tertiary alicyclic amines) is 1. The van der Waals surface area contributed by atoms with E-state index in [-0.39, 0.29) is 11.8 Å². The number of carbonyl (C=O) groups excluding carboxylic acids is 1. The van der Waals surface area contributed by atoms with Gasteiger partial charge < -0.3 is 10.0 Å². The fourth-order valence-electron chi connectivity index (χ4n) is 3.10. The van der Waals surface area contributed by atoms with E-state index in [1.165, 1.54) is 0 Å². The Morgan fingerprint density at radius 2 is 2.26 bits per heavy atom. The zero-order chi connectivity index (χ0) is 16.4. The van der Waals surface area contributed by atoms with Gasteiger partial charge in [-0.3, -0.25) is 14.6 Å². The number of β-amino-alcohol motifs (C(OH)–C–C–N with tert-alkyl or cyclic N) is 1. The number of aliphatic hydroxyl groups excluding tert-OH is 1. The number of nitrogens with one attached hydrogen (secondary N) is 1. The lowest BCUT2D eigenvalue weighted by Gasteiger charge is -2.16. The van der Waals surface area contributed by atoms with Crippen LogP contribution in [0.25, 0.3) is 0 Å². The molecule has 0 saturated carbocycles. The molecule has 7 nitrogen and oxygen atoms in total. The van der Waals surface area contributed by atoms with Crippen molar-refractivity contribution in [2.75, 3.05) is 13.1 Å². The lowest BCUT2D eigenvalue weighted by molar-refractivity contribution is -0.130. The number of nitrogens with zero attached hydrogens (tertiary/aromatic N) is 4. The predicted molar refractivity (Wildman–Crippen MR) is 84.7 cm³/mol. The maximum atomic E-state index is 12.4. The van der Waals surface area contributed by atoms with Crippen molar-refractivity contribution in [3.63, 3.8) is 0 Å². The van der Waals surface area contributed by atoms with Crippen LogP contribution in [0, 0.1) is 19.8 Å². The summed E-state index contributed by atoms with van der Waals surface area (Å²) in [6.45, 7) is 5.50. The smallest absolute Gasteiger partial charge is 0.224 e. The summed E-state index contributed by atoms with van der Waals surface area (Å²) in [5, 5.41) is 21.5. The molecule has 0 radical (unpaired) electrons. The van der Waals surface area contributed by atoms with Gasteiger partial charge >= 0.3 is 0 Å². The number of aryl methyl sites for hydroxylation is 3. The van der Waals surface area contributed by atoms with Crippen LogP contribution in [0.1, 0.15) is 23.5 Å². The summed E-state index contributed by atoms with van der Waals surface area (Å²) in [6, 6.07) is 3.91. The molecule has 0 spiro atoms. The Kier molecular flexibility index (Phi) is 4.47. The highest BCUT2D eigenvalue weighted by Crippen LogP contribution is 2.22. The van der Waals surface area contributed by atoms with Crippen LogP contribution < -0.4 is 0 Å². The third-order valence-corrected chi connectivity index (χ3v) is 4.46. The van der Waals surface area contributed by atoms with E-state index in [2.05, 4.69) is 15.3 Å². The topological polar surface area (TPSA) is 87.0 Å². The molecule has 3 rings (SSSR count). The van der Waals surface area contributed by atoms with Gasteiger partial charge in [-0.05, 0) is 32.4 Å². The van der Waals surface area contributed by atoms with E-state index in [1.54, 1.807) is 11.1 Å². The Labute approximate surface area is 135 Å². The minimum atomic E-state index is -0.484. The molecule has 2 atom stereocenters. The molecule has 2 aromatic rings. The molecule has 2 N–H and O–H groups in total. The summed E-state index contributed by atoms with van der Waals surface area (Å²) < 4.78 is 1.83. The van der Waals surface area contributed by atoms with Crippen LogP contribution in [-0.2, 0) is 17.8 Å². The van der Waals surface area contributed by atoms with Crippen molar-refractivity contribution in [2.45, 2.75) is 39.3 Å². The standard InChI is InChI=1S/C16H23N5O2/c1-11-7-14(19-18-11)8-13-9-20(10-15(13)22)16(23)4-6-21-12(2)3-5-17-21/h3,5,7,13,15,22H,4,6,8-10H2,1-2H3,(H,18,19)/t13-,15-/m1/s1. The van der Waals surface area contributed by atoms with Crippen LogP contribution in [0.15, 0.2) is 18.3 Å². The van der Waals surface area contributed by atoms with Gasteiger partial charge in [-0.2, -0.15) is 10.2 Å². The monoisotopic (exact) mass is 317 g/mol. The molecule has 1 fully saturated rings. The quantitative estimate of drug-likeness (QED) is 0.849. The molecule has 0 unspecified atom stereocenters. The minimum absolute atomic E-state index is 0.0492. The van der Waals surface area contributed by atoms with Crippen molar-refractivity contribution in [3.8, 4) is 0 Å². The number of aromatic nitrogens is 4. The third kappa shape index (κ3) is 3.61. The number of amides is 1. The van der Waals surface area contributed by atoms with Crippen molar-refractivity contribution in [2.24, 2.45) is 5.92 Å². The molecule has 0 bridgehead atoms. The molecule has 7 heteroatoms. The van der Waals surface area contributed by atoms with Gasteiger partial charge in [0.15, 0.2) is 0 Å². The summed E-state index contributed by atoms with van der Waals surface area (Å²) in [5.41, 5.74) is 2.99. The van der Waals surface area contributed by atoms with Crippen LogP contribution in [0.4, 0.5) is 0 Å². The summed E-state index contributed by atoms with van der Waals surface area (Å²) in [6.07, 6.45) is 2.35. The zero-order valence-corrected chi connectivity index (χ0v) is 13.6. The second-order valence-electron chi connectivity index (χ2n) is 6.32. The third-order valence-electron chi connectivity index (χ3n) is 4.46. The highest BCUT2D eigenvalue weighted by Gasteiger charge is 2.34. The average Bonchev–Trinajstić information content (AvgIpc) is 3.20. The van der Waals surface area contributed by atoms with Gasteiger partial charge in [0.2, 0.25) is 5.91 Å². The number of aliphatic hydroxyl groups is 1. The van der Waals surface area contributed by atoms with Gasteiger partial charge in [0.1, 0.15) is 0 Å². The van der Waals surface area contributed by atoms with Gasteiger partial charge in [-0.25, -0.2) is 0 Å². The first kappa shape index (κ1) is 15.7. The van der Waals surface area contributed by atoms with Crippen LogP contribution in [0.5, 0.6) is 0 Å². The summed E-state index contributed by atoms with van der Waals surface area (Å²) >= 11 is 0. The van der Waals surface area contributed by atoms with E-state index in [4.69, 9.17) is 0 Å². The Balaban J connectivity index is 1.53. The maximum absolute atomic E-state index is 12.4. The first-order valence-electron chi connectivity index (χ1n) is 7.98. The van der Waals surface area contributed by atoms with Gasteiger partial charge in [-0.1, -0.05) is 0 Å². The molecule has 2 aromatic heterocycles. The summed E-state index contributed by atoms with van der Waals surface area (Å²) in [4.78, 5) is 14.1. The molecule has 1 saturated heterocycles. The SMILES string of the molecule is Cc1cc(C[C@@H]2CN(C(=O)CCn3nccc3C)C[C@H]2O)n[nH]1. The maximum Gasteiger partial charge on any atom is 0.224 e. The van der Waals surface area contributed by atoms with Crippen LogP contribution in [0.3, 0.4) is 0 Å². The van der Waals surface area contributed by atoms with Crippen molar-refractivity contribution in [1.82, 2.24) is 24.9 Å². The molecule has 1 aliphatic rings. The van der Waals surface area contributed by atoms with Crippen LogP contribution >= 0.6 is 0 Å². The predicted octanol–water partition coefficient (Wildman–Crippen LogP) is 0.675. The first-order valence-corrected chi connectivity index (χ1v) is 7.98. The first-order chi connectivity index (χ1) is 11.0. The van der Waals surface area contributed by atoms with E-state index < -0.39 is 6.10 Å². The van der Waals surface area contributed by atoms with E-state index in [1.807, 2.05) is 30.7 Å². The molecule has 1 aliphatic heterocycles. The highest BCUT2D eigenvalue weighted by molar-refractivity contribution is 5.76. The normalized spacial score (nSPS) is 21.1. The number of hydrogen-bond acceptors (Lipinski definition) is 4. The van der Waals surface area contributed by atoms with Crippen molar-refractivity contribution >= 4 is 5.91 Å². The molecule has 1 amide bonds. The fourth-order valence-corrected chi connectivity index (χ4v) is 3.10. The average molecular weight is 317 g/mol. The molecule has 23 heavy (non-hydrogen) atoms. The lowest BCUT2D eigenvalue weighted by Crippen LogP contribution is -2.30. The van der Waals surface area contributed by atoms with E-state index in [9.17, 15) is 9.90 Å². The molecular formula is C16H23N5O2. The largest absolute Gasteiger partial charge is 0.391 e. The van der Waals surface area contributed by atoms with E-state index in [0.29, 0.717) is 32.5 Å². The Hall–Kier alpha value is -2.15. The highest BCUT2D eigenvalue weighted by atomic mass is 16.3. The van der Waals surface area contributed by atoms with E-state index in [0.717, 1.165) is 17.1 Å².